The van der Waals surface area contributed by atoms with Gasteiger partial charge in [-0.15, -0.1) is 0 Å². The number of halogens is 3. The molecule has 1 aliphatic rings. The van der Waals surface area contributed by atoms with Crippen LogP contribution < -0.4 is 4.74 Å². The predicted molar refractivity (Wildman–Crippen MR) is 120 cm³/mol. The van der Waals surface area contributed by atoms with Crippen LogP contribution in [0.25, 0.3) is 33.7 Å². The molecule has 0 bridgehead atoms. The van der Waals surface area contributed by atoms with E-state index in [0.717, 1.165) is 42.1 Å². The fourth-order valence-electron chi connectivity index (χ4n) is 4.15. The van der Waals surface area contributed by atoms with Crippen molar-refractivity contribution in [2.45, 2.75) is 44.9 Å². The Hall–Kier alpha value is -3.42. The highest BCUT2D eigenvalue weighted by Crippen LogP contribution is 2.32. The summed E-state index contributed by atoms with van der Waals surface area (Å²) in [5.74, 6) is 1.86. The molecule has 4 aromatic rings. The van der Waals surface area contributed by atoms with Crippen LogP contribution in [0, 0.1) is 5.92 Å². The molecule has 1 N–H and O–H groups in total. The molecule has 0 aliphatic heterocycles. The van der Waals surface area contributed by atoms with Gasteiger partial charge in [0.05, 0.1) is 22.3 Å². The molecule has 3 aromatic heterocycles. The minimum Gasteiger partial charge on any atom is -0.474 e. The van der Waals surface area contributed by atoms with E-state index >= 15 is 0 Å². The number of H-pyrrole nitrogens is 1. The first-order valence-electron chi connectivity index (χ1n) is 11.0. The van der Waals surface area contributed by atoms with E-state index < -0.39 is 11.7 Å². The van der Waals surface area contributed by atoms with Gasteiger partial charge in [0.2, 0.25) is 5.88 Å². The molecule has 0 radical (unpaired) electrons. The summed E-state index contributed by atoms with van der Waals surface area (Å²) in [6.07, 6.45) is 3.72. The summed E-state index contributed by atoms with van der Waals surface area (Å²) >= 11 is 0. The smallest absolute Gasteiger partial charge is 0.416 e. The van der Waals surface area contributed by atoms with Gasteiger partial charge in [0.1, 0.15) is 11.9 Å². The van der Waals surface area contributed by atoms with E-state index in [1.165, 1.54) is 18.9 Å². The van der Waals surface area contributed by atoms with Crippen molar-refractivity contribution >= 4 is 11.0 Å². The topological polar surface area (TPSA) is 63.7 Å². The van der Waals surface area contributed by atoms with E-state index in [-0.39, 0.29) is 6.10 Å². The van der Waals surface area contributed by atoms with E-state index in [2.05, 4.69) is 26.9 Å². The molecule has 3 heterocycles. The van der Waals surface area contributed by atoms with Crippen LogP contribution in [0.3, 0.4) is 0 Å². The van der Waals surface area contributed by atoms with Gasteiger partial charge in [-0.05, 0) is 68.0 Å². The fourth-order valence-corrected chi connectivity index (χ4v) is 4.15. The summed E-state index contributed by atoms with van der Waals surface area (Å²) in [7, 11) is 0. The van der Waals surface area contributed by atoms with Crippen LogP contribution >= 0.6 is 0 Å². The van der Waals surface area contributed by atoms with E-state index in [9.17, 15) is 13.2 Å². The number of imidazole rings is 1. The molecule has 1 aliphatic carbocycles. The van der Waals surface area contributed by atoms with Crippen LogP contribution in [-0.2, 0) is 6.18 Å². The zero-order chi connectivity index (χ0) is 23.0. The summed E-state index contributed by atoms with van der Waals surface area (Å²) in [5, 5.41) is 0. The van der Waals surface area contributed by atoms with E-state index in [0.29, 0.717) is 28.3 Å². The van der Waals surface area contributed by atoms with Gasteiger partial charge in [-0.1, -0.05) is 6.92 Å². The number of nitrogens with zero attached hydrogens (tertiary/aromatic N) is 3. The molecule has 5 rings (SSSR count). The van der Waals surface area contributed by atoms with Gasteiger partial charge in [0, 0.05) is 29.6 Å². The van der Waals surface area contributed by atoms with Crippen molar-refractivity contribution in [3.05, 3.63) is 60.4 Å². The minimum absolute atomic E-state index is 0.230. The maximum atomic E-state index is 13.0. The molecule has 33 heavy (non-hydrogen) atoms. The number of fused-ring (bicyclic) bond motifs is 1. The fraction of sp³-hybridized carbons (Fsp3) is 0.320. The molecule has 1 saturated carbocycles. The van der Waals surface area contributed by atoms with Gasteiger partial charge in [0.15, 0.2) is 0 Å². The number of hydrogen-bond donors (Lipinski definition) is 1. The van der Waals surface area contributed by atoms with Gasteiger partial charge in [-0.25, -0.2) is 9.97 Å². The second-order valence-electron chi connectivity index (χ2n) is 8.63. The van der Waals surface area contributed by atoms with Crippen LogP contribution in [0.15, 0.2) is 54.9 Å². The number of alkyl halides is 3. The van der Waals surface area contributed by atoms with Gasteiger partial charge >= 0.3 is 6.18 Å². The number of rotatable bonds is 4. The summed E-state index contributed by atoms with van der Waals surface area (Å²) in [6, 6.07) is 10.9. The third kappa shape index (κ3) is 4.69. The molecule has 1 fully saturated rings. The second-order valence-corrected chi connectivity index (χ2v) is 8.63. The highest BCUT2D eigenvalue weighted by Gasteiger charge is 2.30. The molecule has 0 unspecified atom stereocenters. The third-order valence-electron chi connectivity index (χ3n) is 6.13. The molecule has 0 atom stereocenters. The number of aromatic amines is 1. The average Bonchev–Trinajstić information content (AvgIpc) is 3.24. The lowest BCUT2D eigenvalue weighted by molar-refractivity contribution is -0.137. The van der Waals surface area contributed by atoms with Gasteiger partial charge in [-0.3, -0.25) is 4.98 Å². The highest BCUT2D eigenvalue weighted by atomic mass is 19.4. The van der Waals surface area contributed by atoms with E-state index in [4.69, 9.17) is 4.74 Å². The van der Waals surface area contributed by atoms with Crippen molar-refractivity contribution in [3.63, 3.8) is 0 Å². The largest absolute Gasteiger partial charge is 0.474 e. The molecule has 1 aromatic carbocycles. The summed E-state index contributed by atoms with van der Waals surface area (Å²) in [5.41, 5.74) is 2.36. The second kappa shape index (κ2) is 8.50. The van der Waals surface area contributed by atoms with Crippen molar-refractivity contribution in [1.82, 2.24) is 19.9 Å². The first-order chi connectivity index (χ1) is 15.8. The maximum absolute atomic E-state index is 13.0. The zero-order valence-electron chi connectivity index (χ0n) is 18.1. The summed E-state index contributed by atoms with van der Waals surface area (Å²) in [6.45, 7) is 2.28. The Bertz CT molecular complexity index is 1240. The van der Waals surface area contributed by atoms with Crippen LogP contribution in [0.4, 0.5) is 13.2 Å². The Morgan fingerprint density at radius 3 is 2.33 bits per heavy atom. The first kappa shape index (κ1) is 21.4. The molecule has 170 valence electrons. The Kier molecular flexibility index (Phi) is 5.52. The maximum Gasteiger partial charge on any atom is 0.416 e. The van der Waals surface area contributed by atoms with Crippen LogP contribution in [0.2, 0.25) is 0 Å². The average molecular weight is 452 g/mol. The molecular weight excluding hydrogens is 429 g/mol. The monoisotopic (exact) mass is 452 g/mol. The number of benzene rings is 1. The lowest BCUT2D eigenvalue weighted by Gasteiger charge is -2.26. The quantitative estimate of drug-likeness (QED) is 0.376. The first-order valence-corrected chi connectivity index (χ1v) is 11.0. The molecule has 5 nitrogen and oxygen atoms in total. The lowest BCUT2D eigenvalue weighted by Crippen LogP contribution is -2.23. The van der Waals surface area contributed by atoms with Gasteiger partial charge in [0.25, 0.3) is 0 Å². The molecule has 0 saturated heterocycles. The standard InChI is InChI=1S/C25H23F3N4O/c1-15-2-7-19(8-3-15)33-23-11-5-16(13-30-23)20-9-4-17(14-29-20)24-31-21-10-6-18(25(26,27)28)12-22(21)32-24/h4-6,9-15,19H,2-3,7-8H2,1H3,(H,31,32). The van der Waals surface area contributed by atoms with Crippen molar-refractivity contribution in [3.8, 4) is 28.5 Å². The van der Waals surface area contributed by atoms with E-state index in [1.807, 2.05) is 24.3 Å². The third-order valence-corrected chi connectivity index (χ3v) is 6.13. The molecular formula is C25H23F3N4O. The number of pyridine rings is 2. The Morgan fingerprint density at radius 2 is 1.67 bits per heavy atom. The SMILES string of the molecule is CC1CCC(Oc2ccc(-c3ccc(-c4nc5ccc(C(F)(F)F)cc5[nH]4)cn3)cn2)CC1. The van der Waals surface area contributed by atoms with Crippen molar-refractivity contribution in [2.24, 2.45) is 5.92 Å². The molecule has 0 amide bonds. The predicted octanol–water partition coefficient (Wildman–Crippen LogP) is 6.66. The van der Waals surface area contributed by atoms with Crippen LogP contribution in [-0.4, -0.2) is 26.0 Å². The number of ether oxygens (including phenoxy) is 1. The zero-order valence-corrected chi connectivity index (χ0v) is 18.1. The summed E-state index contributed by atoms with van der Waals surface area (Å²) < 4.78 is 44.9. The lowest BCUT2D eigenvalue weighted by atomic mass is 9.89. The Morgan fingerprint density at radius 1 is 0.909 bits per heavy atom. The van der Waals surface area contributed by atoms with Gasteiger partial charge in [-0.2, -0.15) is 13.2 Å². The van der Waals surface area contributed by atoms with Crippen LogP contribution in [0.5, 0.6) is 5.88 Å². The Labute approximate surface area is 189 Å². The van der Waals surface area contributed by atoms with Gasteiger partial charge < -0.3 is 9.72 Å². The number of aromatic nitrogens is 4. The number of hydrogen-bond acceptors (Lipinski definition) is 4. The van der Waals surface area contributed by atoms with Crippen molar-refractivity contribution in [2.75, 3.05) is 0 Å². The number of nitrogens with one attached hydrogen (secondary N) is 1. The molecule has 8 heteroatoms. The van der Waals surface area contributed by atoms with E-state index in [1.54, 1.807) is 12.4 Å². The van der Waals surface area contributed by atoms with Crippen molar-refractivity contribution < 1.29 is 17.9 Å². The van der Waals surface area contributed by atoms with Crippen LogP contribution in [0.1, 0.15) is 38.2 Å². The van der Waals surface area contributed by atoms with Crippen molar-refractivity contribution in [1.29, 1.82) is 0 Å². The Balaban J connectivity index is 1.30. The summed E-state index contributed by atoms with van der Waals surface area (Å²) in [4.78, 5) is 16.3. The highest BCUT2D eigenvalue weighted by molar-refractivity contribution is 5.80. The minimum atomic E-state index is -4.40. The molecule has 0 spiro atoms. The normalized spacial score (nSPS) is 19.0.